The fourth-order valence-electron chi connectivity index (χ4n) is 3.69. The van der Waals surface area contributed by atoms with Gasteiger partial charge >= 0.3 is 12.0 Å². The number of urea groups is 1. The third-order valence-electron chi connectivity index (χ3n) is 5.15. The van der Waals surface area contributed by atoms with Gasteiger partial charge in [-0.1, -0.05) is 39.0 Å². The second kappa shape index (κ2) is 9.11. The second-order valence-electron chi connectivity index (χ2n) is 6.94. The molecule has 0 aromatic carbocycles. The molecule has 132 valence electrons. The maximum absolute atomic E-state index is 12.1. The van der Waals surface area contributed by atoms with Crippen LogP contribution in [0.15, 0.2) is 0 Å². The van der Waals surface area contributed by atoms with E-state index in [1.807, 2.05) is 11.8 Å². The van der Waals surface area contributed by atoms with E-state index in [4.69, 9.17) is 5.11 Å². The van der Waals surface area contributed by atoms with Crippen LogP contribution in [-0.4, -0.2) is 53.2 Å². The fraction of sp³-hybridized carbons (Fsp3) is 0.882. The molecule has 0 radical (unpaired) electrons. The Morgan fingerprint density at radius 3 is 2.13 bits per heavy atom. The quantitative estimate of drug-likeness (QED) is 0.700. The van der Waals surface area contributed by atoms with Gasteiger partial charge in [0.1, 0.15) is 0 Å². The van der Waals surface area contributed by atoms with E-state index in [9.17, 15) is 9.59 Å². The average molecular weight is 325 g/mol. The summed E-state index contributed by atoms with van der Waals surface area (Å²) in [5.74, 6) is -0.787. The molecular formula is C17H31N3O3. The first kappa shape index (κ1) is 18.0. The highest BCUT2D eigenvalue weighted by Gasteiger charge is 2.34. The topological polar surface area (TPSA) is 81.7 Å². The molecule has 0 aliphatic heterocycles. The lowest BCUT2D eigenvalue weighted by Gasteiger charge is -2.42. The molecule has 2 aliphatic rings. The van der Waals surface area contributed by atoms with Gasteiger partial charge in [0.25, 0.3) is 0 Å². The smallest absolute Gasteiger partial charge is 0.317 e. The number of carboxylic acids is 1. The van der Waals surface area contributed by atoms with E-state index in [2.05, 4.69) is 10.6 Å². The molecule has 0 unspecified atom stereocenters. The number of nitrogens with one attached hydrogen (secondary N) is 2. The van der Waals surface area contributed by atoms with Crippen molar-refractivity contribution in [1.82, 2.24) is 15.5 Å². The van der Waals surface area contributed by atoms with E-state index >= 15 is 0 Å². The Balaban J connectivity index is 1.66. The number of hydrogen-bond acceptors (Lipinski definition) is 3. The van der Waals surface area contributed by atoms with Crippen molar-refractivity contribution in [2.75, 3.05) is 13.1 Å². The Morgan fingerprint density at radius 2 is 1.57 bits per heavy atom. The summed E-state index contributed by atoms with van der Waals surface area (Å²) in [5, 5.41) is 15.1. The van der Waals surface area contributed by atoms with Crippen LogP contribution in [0.4, 0.5) is 4.79 Å². The molecule has 6 nitrogen and oxygen atoms in total. The Labute approximate surface area is 139 Å². The number of carbonyl (C=O) groups is 2. The molecule has 0 atom stereocenters. The summed E-state index contributed by atoms with van der Waals surface area (Å²) in [5.41, 5.74) is 0. The van der Waals surface area contributed by atoms with Crippen molar-refractivity contribution in [2.45, 2.75) is 82.8 Å². The van der Waals surface area contributed by atoms with Gasteiger partial charge < -0.3 is 15.7 Å². The molecule has 0 spiro atoms. The van der Waals surface area contributed by atoms with Crippen LogP contribution in [0, 0.1) is 0 Å². The predicted molar refractivity (Wildman–Crippen MR) is 89.5 cm³/mol. The number of amides is 2. The van der Waals surface area contributed by atoms with Gasteiger partial charge in [-0.25, -0.2) is 4.79 Å². The van der Waals surface area contributed by atoms with Crippen LogP contribution >= 0.6 is 0 Å². The van der Waals surface area contributed by atoms with Crippen molar-refractivity contribution in [1.29, 1.82) is 0 Å². The molecule has 0 saturated heterocycles. The Morgan fingerprint density at radius 1 is 1.00 bits per heavy atom. The number of likely N-dealkylation sites (N-methyl/N-ethyl adjacent to an activating group) is 1. The second-order valence-corrected chi connectivity index (χ2v) is 6.94. The lowest BCUT2D eigenvalue weighted by Crippen LogP contribution is -2.57. The fourth-order valence-corrected chi connectivity index (χ4v) is 3.69. The minimum atomic E-state index is -0.787. The zero-order chi connectivity index (χ0) is 16.7. The van der Waals surface area contributed by atoms with Crippen molar-refractivity contribution in [3.05, 3.63) is 0 Å². The van der Waals surface area contributed by atoms with Crippen molar-refractivity contribution in [3.63, 3.8) is 0 Å². The molecule has 0 aromatic rings. The number of nitrogens with zero attached hydrogens (tertiary/aromatic N) is 1. The highest BCUT2D eigenvalue weighted by Crippen LogP contribution is 2.25. The molecule has 2 saturated carbocycles. The van der Waals surface area contributed by atoms with Crippen molar-refractivity contribution < 1.29 is 14.7 Å². The van der Waals surface area contributed by atoms with Crippen molar-refractivity contribution in [2.24, 2.45) is 0 Å². The van der Waals surface area contributed by atoms with Gasteiger partial charge in [-0.2, -0.15) is 0 Å². The normalized spacial score (nSPS) is 26.0. The maximum atomic E-state index is 12.1. The number of carbonyl (C=O) groups excluding carboxylic acids is 1. The van der Waals surface area contributed by atoms with Gasteiger partial charge in [0.2, 0.25) is 0 Å². The summed E-state index contributed by atoms with van der Waals surface area (Å²) < 4.78 is 0. The summed E-state index contributed by atoms with van der Waals surface area (Å²) >= 11 is 0. The molecule has 0 aromatic heterocycles. The van der Waals surface area contributed by atoms with E-state index < -0.39 is 5.97 Å². The largest absolute Gasteiger partial charge is 0.480 e. The Bertz CT molecular complexity index is 389. The molecule has 0 heterocycles. The SMILES string of the molecule is CCN(CC(=O)O)C1CC(NC(=O)NC2CCCCCCC2)C1. The number of hydrogen-bond donors (Lipinski definition) is 3. The third kappa shape index (κ3) is 6.01. The molecule has 2 rings (SSSR count). The minimum absolute atomic E-state index is 0.0553. The van der Waals surface area contributed by atoms with Crippen LogP contribution in [0.1, 0.15) is 64.7 Å². The molecule has 3 N–H and O–H groups in total. The molecule has 6 heteroatoms. The Hall–Kier alpha value is -1.30. The van der Waals surface area contributed by atoms with Crippen LogP contribution in [0.25, 0.3) is 0 Å². The number of carboxylic acid groups (broad SMARTS) is 1. The summed E-state index contributed by atoms with van der Waals surface area (Å²) in [6.07, 6.45) is 10.2. The summed E-state index contributed by atoms with van der Waals surface area (Å²) in [6.45, 7) is 2.80. The zero-order valence-corrected chi connectivity index (χ0v) is 14.2. The van der Waals surface area contributed by atoms with Gasteiger partial charge in [0, 0.05) is 18.1 Å². The maximum Gasteiger partial charge on any atom is 0.317 e. The number of aliphatic carboxylic acids is 1. The summed E-state index contributed by atoms with van der Waals surface area (Å²) in [7, 11) is 0. The Kier molecular flexibility index (Phi) is 7.15. The van der Waals surface area contributed by atoms with E-state index in [0.29, 0.717) is 6.04 Å². The average Bonchev–Trinajstić information content (AvgIpc) is 2.43. The van der Waals surface area contributed by atoms with E-state index in [-0.39, 0.29) is 24.7 Å². The van der Waals surface area contributed by atoms with Crippen LogP contribution in [0.3, 0.4) is 0 Å². The summed E-state index contributed by atoms with van der Waals surface area (Å²) in [6, 6.07) is 0.713. The van der Waals surface area contributed by atoms with Crippen molar-refractivity contribution >= 4 is 12.0 Å². The van der Waals surface area contributed by atoms with Gasteiger partial charge in [0.05, 0.1) is 6.54 Å². The lowest BCUT2D eigenvalue weighted by atomic mass is 9.85. The molecule has 2 aliphatic carbocycles. The van der Waals surface area contributed by atoms with E-state index in [1.165, 1.54) is 32.1 Å². The van der Waals surface area contributed by atoms with Gasteiger partial charge in [-0.3, -0.25) is 9.69 Å². The van der Waals surface area contributed by atoms with Crippen LogP contribution in [0.2, 0.25) is 0 Å². The lowest BCUT2D eigenvalue weighted by molar-refractivity contribution is -0.139. The molecule has 2 amide bonds. The standard InChI is InChI=1S/C17H31N3O3/c1-2-20(12-16(21)22)15-10-14(11-15)19-17(23)18-13-8-6-4-3-5-7-9-13/h13-15H,2-12H2,1H3,(H,21,22)(H2,18,19,23). The zero-order valence-electron chi connectivity index (χ0n) is 14.2. The van der Waals surface area contributed by atoms with Crippen LogP contribution < -0.4 is 10.6 Å². The van der Waals surface area contributed by atoms with Gasteiger partial charge in [-0.15, -0.1) is 0 Å². The highest BCUT2D eigenvalue weighted by atomic mass is 16.4. The minimum Gasteiger partial charge on any atom is -0.480 e. The first-order chi connectivity index (χ1) is 11.1. The molecule has 23 heavy (non-hydrogen) atoms. The molecule has 0 bridgehead atoms. The van der Waals surface area contributed by atoms with Gasteiger partial charge in [-0.05, 0) is 32.2 Å². The monoisotopic (exact) mass is 325 g/mol. The number of rotatable bonds is 6. The molecular weight excluding hydrogens is 294 g/mol. The van der Waals surface area contributed by atoms with Gasteiger partial charge in [0.15, 0.2) is 0 Å². The van der Waals surface area contributed by atoms with E-state index in [1.54, 1.807) is 0 Å². The van der Waals surface area contributed by atoms with Crippen molar-refractivity contribution in [3.8, 4) is 0 Å². The predicted octanol–water partition coefficient (Wildman–Crippen LogP) is 2.34. The van der Waals surface area contributed by atoms with Crippen LogP contribution in [-0.2, 0) is 4.79 Å². The third-order valence-corrected chi connectivity index (χ3v) is 5.15. The summed E-state index contributed by atoms with van der Waals surface area (Å²) in [4.78, 5) is 24.9. The highest BCUT2D eigenvalue weighted by molar-refractivity contribution is 5.74. The first-order valence-corrected chi connectivity index (χ1v) is 9.11. The van der Waals surface area contributed by atoms with E-state index in [0.717, 1.165) is 32.2 Å². The van der Waals surface area contributed by atoms with Crippen LogP contribution in [0.5, 0.6) is 0 Å². The molecule has 2 fully saturated rings. The first-order valence-electron chi connectivity index (χ1n) is 9.11.